The number of carbonyl (C=O) groups is 2. The Morgan fingerprint density at radius 2 is 1.89 bits per heavy atom. The van der Waals surface area contributed by atoms with E-state index in [2.05, 4.69) is 5.32 Å². The predicted octanol–water partition coefficient (Wildman–Crippen LogP) is 2.95. The summed E-state index contributed by atoms with van der Waals surface area (Å²) in [6.07, 6.45) is 0.230. The SMILES string of the molecule is Cc1ccc(N2CC(C(=O)NC(C)c3ccc4c(c3)OCO4)CC2=O)cc1. The second-order valence-corrected chi connectivity index (χ2v) is 7.08. The van der Waals surface area contributed by atoms with Crippen LogP contribution in [0.15, 0.2) is 42.5 Å². The van der Waals surface area contributed by atoms with Gasteiger partial charge in [0.05, 0.1) is 12.0 Å². The Labute approximate surface area is 158 Å². The highest BCUT2D eigenvalue weighted by molar-refractivity contribution is 6.00. The van der Waals surface area contributed by atoms with Crippen LogP contribution in [-0.4, -0.2) is 25.2 Å². The van der Waals surface area contributed by atoms with Crippen LogP contribution in [0.2, 0.25) is 0 Å². The van der Waals surface area contributed by atoms with E-state index in [0.29, 0.717) is 18.0 Å². The van der Waals surface area contributed by atoms with Crippen LogP contribution in [0.1, 0.15) is 30.5 Å². The van der Waals surface area contributed by atoms with Crippen molar-refractivity contribution >= 4 is 17.5 Å². The number of ether oxygens (including phenoxy) is 2. The van der Waals surface area contributed by atoms with E-state index >= 15 is 0 Å². The zero-order valence-electron chi connectivity index (χ0n) is 15.4. The maximum Gasteiger partial charge on any atom is 0.231 e. The fourth-order valence-electron chi connectivity index (χ4n) is 3.45. The normalized spacial score (nSPS) is 19.3. The number of carbonyl (C=O) groups excluding carboxylic acids is 2. The van der Waals surface area contributed by atoms with Gasteiger partial charge in [-0.25, -0.2) is 0 Å². The number of rotatable bonds is 4. The fourth-order valence-corrected chi connectivity index (χ4v) is 3.45. The van der Waals surface area contributed by atoms with Crippen molar-refractivity contribution in [2.75, 3.05) is 18.2 Å². The lowest BCUT2D eigenvalue weighted by Crippen LogP contribution is -2.34. The summed E-state index contributed by atoms with van der Waals surface area (Å²) in [5.74, 6) is 0.927. The summed E-state index contributed by atoms with van der Waals surface area (Å²) in [5.41, 5.74) is 2.91. The van der Waals surface area contributed by atoms with Crippen LogP contribution in [0.25, 0.3) is 0 Å². The van der Waals surface area contributed by atoms with Crippen molar-refractivity contribution in [1.82, 2.24) is 5.32 Å². The molecule has 0 aromatic heterocycles. The molecule has 0 bridgehead atoms. The molecule has 0 saturated carbocycles. The summed E-state index contributed by atoms with van der Waals surface area (Å²) in [7, 11) is 0. The van der Waals surface area contributed by atoms with Crippen LogP contribution >= 0.6 is 0 Å². The lowest BCUT2D eigenvalue weighted by atomic mass is 10.0. The molecule has 2 heterocycles. The average molecular weight is 366 g/mol. The molecule has 2 aliphatic rings. The van der Waals surface area contributed by atoms with Gasteiger partial charge >= 0.3 is 0 Å². The predicted molar refractivity (Wildman–Crippen MR) is 101 cm³/mol. The molecule has 2 aliphatic heterocycles. The number of nitrogens with zero attached hydrogens (tertiary/aromatic N) is 1. The monoisotopic (exact) mass is 366 g/mol. The van der Waals surface area contributed by atoms with Gasteiger partial charge in [0.25, 0.3) is 0 Å². The zero-order valence-corrected chi connectivity index (χ0v) is 15.4. The molecule has 2 unspecified atom stereocenters. The topological polar surface area (TPSA) is 67.9 Å². The first kappa shape index (κ1) is 17.4. The third-order valence-electron chi connectivity index (χ3n) is 5.10. The van der Waals surface area contributed by atoms with Gasteiger partial charge in [0.2, 0.25) is 18.6 Å². The molecule has 2 aromatic rings. The van der Waals surface area contributed by atoms with Crippen LogP contribution in [0.3, 0.4) is 0 Å². The van der Waals surface area contributed by atoms with Crippen molar-refractivity contribution in [3.05, 3.63) is 53.6 Å². The Hall–Kier alpha value is -3.02. The van der Waals surface area contributed by atoms with E-state index in [1.165, 1.54) is 0 Å². The molecule has 2 amide bonds. The number of fused-ring (bicyclic) bond motifs is 1. The maximum atomic E-state index is 12.7. The van der Waals surface area contributed by atoms with Gasteiger partial charge in [-0.3, -0.25) is 9.59 Å². The van der Waals surface area contributed by atoms with Gasteiger partial charge in [-0.15, -0.1) is 0 Å². The van der Waals surface area contributed by atoms with E-state index in [9.17, 15) is 9.59 Å². The Bertz CT molecular complexity index is 878. The molecular formula is C21H22N2O4. The summed E-state index contributed by atoms with van der Waals surface area (Å²) in [6, 6.07) is 13.2. The molecule has 140 valence electrons. The second kappa shape index (κ2) is 6.95. The molecular weight excluding hydrogens is 344 g/mol. The Morgan fingerprint density at radius 1 is 1.15 bits per heavy atom. The Morgan fingerprint density at radius 3 is 2.67 bits per heavy atom. The number of amides is 2. The van der Waals surface area contributed by atoms with Gasteiger partial charge < -0.3 is 19.7 Å². The number of nitrogens with one attached hydrogen (secondary N) is 1. The quantitative estimate of drug-likeness (QED) is 0.903. The molecule has 1 saturated heterocycles. The number of anilines is 1. The van der Waals surface area contributed by atoms with Crippen molar-refractivity contribution in [2.45, 2.75) is 26.3 Å². The Balaban J connectivity index is 1.41. The van der Waals surface area contributed by atoms with Gasteiger partial charge in [-0.2, -0.15) is 0 Å². The minimum atomic E-state index is -0.352. The van der Waals surface area contributed by atoms with E-state index in [1.807, 2.05) is 56.3 Å². The standard InChI is InChI=1S/C21H22N2O4/c1-13-3-6-17(7-4-13)23-11-16(10-20(23)24)21(25)22-14(2)15-5-8-18-19(9-15)27-12-26-18/h3-9,14,16H,10-12H2,1-2H3,(H,22,25). The van der Waals surface area contributed by atoms with E-state index in [0.717, 1.165) is 16.8 Å². The van der Waals surface area contributed by atoms with Gasteiger partial charge in [0.1, 0.15) is 0 Å². The largest absolute Gasteiger partial charge is 0.454 e. The summed E-state index contributed by atoms with van der Waals surface area (Å²) in [5, 5.41) is 3.02. The highest BCUT2D eigenvalue weighted by Gasteiger charge is 2.35. The first-order valence-electron chi connectivity index (χ1n) is 9.08. The van der Waals surface area contributed by atoms with Crippen molar-refractivity contribution in [1.29, 1.82) is 0 Å². The van der Waals surface area contributed by atoms with Crippen LogP contribution in [0.5, 0.6) is 11.5 Å². The highest BCUT2D eigenvalue weighted by atomic mass is 16.7. The first-order valence-corrected chi connectivity index (χ1v) is 9.08. The summed E-state index contributed by atoms with van der Waals surface area (Å²) >= 11 is 0. The molecule has 0 spiro atoms. The molecule has 0 aliphatic carbocycles. The van der Waals surface area contributed by atoms with Crippen molar-refractivity contribution in [2.24, 2.45) is 5.92 Å². The van der Waals surface area contributed by atoms with E-state index < -0.39 is 0 Å². The van der Waals surface area contributed by atoms with Crippen molar-refractivity contribution in [3.63, 3.8) is 0 Å². The first-order chi connectivity index (χ1) is 13.0. The van der Waals surface area contributed by atoms with Crippen LogP contribution in [0.4, 0.5) is 5.69 Å². The summed E-state index contributed by atoms with van der Waals surface area (Å²) < 4.78 is 10.7. The average Bonchev–Trinajstić information content (AvgIpc) is 3.28. The van der Waals surface area contributed by atoms with Gasteiger partial charge in [0, 0.05) is 18.7 Å². The van der Waals surface area contributed by atoms with Gasteiger partial charge in [-0.1, -0.05) is 23.8 Å². The molecule has 6 heteroatoms. The van der Waals surface area contributed by atoms with Crippen molar-refractivity contribution < 1.29 is 19.1 Å². The number of benzene rings is 2. The fraction of sp³-hybridized carbons (Fsp3) is 0.333. The van der Waals surface area contributed by atoms with Crippen molar-refractivity contribution in [3.8, 4) is 11.5 Å². The van der Waals surface area contributed by atoms with Crippen LogP contribution in [0, 0.1) is 12.8 Å². The third kappa shape index (κ3) is 3.47. The number of aryl methyl sites for hydroxylation is 1. The molecule has 2 aromatic carbocycles. The molecule has 2 atom stereocenters. The lowest BCUT2D eigenvalue weighted by Gasteiger charge is -2.19. The minimum absolute atomic E-state index is 0.0188. The zero-order chi connectivity index (χ0) is 19.0. The smallest absolute Gasteiger partial charge is 0.231 e. The molecule has 0 radical (unpaired) electrons. The minimum Gasteiger partial charge on any atom is -0.454 e. The number of hydrogen-bond acceptors (Lipinski definition) is 4. The lowest BCUT2D eigenvalue weighted by molar-refractivity contribution is -0.126. The van der Waals surface area contributed by atoms with Crippen LogP contribution in [-0.2, 0) is 9.59 Å². The molecule has 1 fully saturated rings. The van der Waals surface area contributed by atoms with E-state index in [-0.39, 0.29) is 37.0 Å². The molecule has 4 rings (SSSR count). The van der Waals surface area contributed by atoms with E-state index in [1.54, 1.807) is 4.90 Å². The van der Waals surface area contributed by atoms with E-state index in [4.69, 9.17) is 9.47 Å². The molecule has 27 heavy (non-hydrogen) atoms. The molecule has 1 N–H and O–H groups in total. The van der Waals surface area contributed by atoms with Crippen LogP contribution < -0.4 is 19.7 Å². The maximum absolute atomic E-state index is 12.7. The highest BCUT2D eigenvalue weighted by Crippen LogP contribution is 2.34. The Kier molecular flexibility index (Phi) is 4.48. The molecule has 6 nitrogen and oxygen atoms in total. The van der Waals surface area contributed by atoms with Gasteiger partial charge in [-0.05, 0) is 43.7 Å². The third-order valence-corrected chi connectivity index (χ3v) is 5.10. The van der Waals surface area contributed by atoms with Gasteiger partial charge in [0.15, 0.2) is 11.5 Å². The summed E-state index contributed by atoms with van der Waals surface area (Å²) in [6.45, 7) is 4.55. The number of hydrogen-bond donors (Lipinski definition) is 1. The summed E-state index contributed by atoms with van der Waals surface area (Å²) in [4.78, 5) is 26.8. The second-order valence-electron chi connectivity index (χ2n) is 7.08.